The van der Waals surface area contributed by atoms with Gasteiger partial charge in [-0.25, -0.2) is 0 Å². The van der Waals surface area contributed by atoms with E-state index in [2.05, 4.69) is 65.2 Å². The molecule has 0 aromatic heterocycles. The third-order valence-corrected chi connectivity index (χ3v) is 5.17. The van der Waals surface area contributed by atoms with Gasteiger partial charge in [0.25, 0.3) is 0 Å². The van der Waals surface area contributed by atoms with Gasteiger partial charge in [0.05, 0.1) is 5.69 Å². The fourth-order valence-corrected chi connectivity index (χ4v) is 2.90. The lowest BCUT2D eigenvalue weighted by atomic mass is 9.97. The molecular formula is C13H17BrN2S. The van der Waals surface area contributed by atoms with Crippen molar-refractivity contribution in [2.45, 2.75) is 20.8 Å². The van der Waals surface area contributed by atoms with Gasteiger partial charge in [0.15, 0.2) is 5.17 Å². The highest BCUT2D eigenvalue weighted by atomic mass is 79.9. The number of anilines is 1. The van der Waals surface area contributed by atoms with Gasteiger partial charge >= 0.3 is 0 Å². The first-order valence-electron chi connectivity index (χ1n) is 5.67. The average Bonchev–Trinajstić information content (AvgIpc) is 2.27. The number of hydrogen-bond donors (Lipinski definition) is 1. The zero-order chi connectivity index (χ0) is 12.5. The van der Waals surface area contributed by atoms with Crippen LogP contribution in [0, 0.1) is 12.3 Å². The van der Waals surface area contributed by atoms with E-state index in [0.29, 0.717) is 5.41 Å². The van der Waals surface area contributed by atoms with Gasteiger partial charge in [-0.05, 0) is 39.9 Å². The van der Waals surface area contributed by atoms with Crippen LogP contribution in [0.25, 0.3) is 0 Å². The van der Waals surface area contributed by atoms with E-state index in [0.717, 1.165) is 27.6 Å². The van der Waals surface area contributed by atoms with Gasteiger partial charge in [0.2, 0.25) is 0 Å². The summed E-state index contributed by atoms with van der Waals surface area (Å²) in [4.78, 5) is 4.60. The van der Waals surface area contributed by atoms with E-state index in [9.17, 15) is 0 Å². The summed E-state index contributed by atoms with van der Waals surface area (Å²) in [5.74, 6) is 1.11. The third kappa shape index (κ3) is 3.26. The third-order valence-electron chi connectivity index (χ3n) is 2.68. The van der Waals surface area contributed by atoms with E-state index in [1.807, 2.05) is 0 Å². The van der Waals surface area contributed by atoms with Gasteiger partial charge in [-0.15, -0.1) is 0 Å². The van der Waals surface area contributed by atoms with Crippen molar-refractivity contribution < 1.29 is 0 Å². The lowest BCUT2D eigenvalue weighted by Crippen LogP contribution is -2.27. The molecule has 1 aliphatic rings. The second-order valence-corrected chi connectivity index (χ2v) is 6.89. The Labute approximate surface area is 115 Å². The largest absolute Gasteiger partial charge is 0.334 e. The van der Waals surface area contributed by atoms with Crippen molar-refractivity contribution in [3.63, 3.8) is 0 Å². The zero-order valence-corrected chi connectivity index (χ0v) is 12.8. The van der Waals surface area contributed by atoms with Crippen LogP contribution < -0.4 is 5.32 Å². The van der Waals surface area contributed by atoms with E-state index >= 15 is 0 Å². The van der Waals surface area contributed by atoms with E-state index in [1.165, 1.54) is 5.56 Å². The standard InChI is InChI=1S/C13H17BrN2S/c1-9-5-4-6-10(11(9)14)16-12-15-7-13(2,3)8-17-12/h4-6H,7-8H2,1-3H3,(H,15,16). The van der Waals surface area contributed by atoms with E-state index in [-0.39, 0.29) is 0 Å². The molecule has 0 aliphatic carbocycles. The number of nitrogens with one attached hydrogen (secondary N) is 1. The van der Waals surface area contributed by atoms with Crippen molar-refractivity contribution >= 4 is 38.5 Å². The molecule has 0 fully saturated rings. The lowest BCUT2D eigenvalue weighted by Gasteiger charge is -2.27. The Bertz CT molecular complexity index is 455. The second-order valence-electron chi connectivity index (χ2n) is 5.14. The van der Waals surface area contributed by atoms with Crippen LogP contribution in [0.1, 0.15) is 19.4 Å². The van der Waals surface area contributed by atoms with Crippen molar-refractivity contribution in [2.24, 2.45) is 10.4 Å². The Hall–Kier alpha value is -0.480. The zero-order valence-electron chi connectivity index (χ0n) is 10.4. The number of rotatable bonds is 1. The summed E-state index contributed by atoms with van der Waals surface area (Å²) in [6, 6.07) is 6.22. The number of thioether (sulfide) groups is 1. The van der Waals surface area contributed by atoms with Crippen LogP contribution in [0.15, 0.2) is 27.7 Å². The molecule has 4 heteroatoms. The fourth-order valence-electron chi connectivity index (χ4n) is 1.58. The molecule has 0 spiro atoms. The topological polar surface area (TPSA) is 24.4 Å². The molecule has 0 atom stereocenters. The molecule has 0 radical (unpaired) electrons. The molecule has 92 valence electrons. The van der Waals surface area contributed by atoms with Crippen LogP contribution in [0.2, 0.25) is 0 Å². The number of aryl methyl sites for hydroxylation is 1. The van der Waals surface area contributed by atoms with E-state index in [4.69, 9.17) is 0 Å². The number of hydrogen-bond acceptors (Lipinski definition) is 3. The Kier molecular flexibility index (Phi) is 3.83. The van der Waals surface area contributed by atoms with Crippen LogP contribution in [0.4, 0.5) is 5.69 Å². The fraction of sp³-hybridized carbons (Fsp3) is 0.462. The first-order chi connectivity index (χ1) is 7.98. The van der Waals surface area contributed by atoms with Crippen molar-refractivity contribution in [3.8, 4) is 0 Å². The minimum absolute atomic E-state index is 0.319. The summed E-state index contributed by atoms with van der Waals surface area (Å²) in [6.07, 6.45) is 0. The maximum atomic E-state index is 4.60. The van der Waals surface area contributed by atoms with E-state index in [1.54, 1.807) is 11.8 Å². The molecule has 0 bridgehead atoms. The van der Waals surface area contributed by atoms with Crippen LogP contribution in [-0.2, 0) is 0 Å². The predicted molar refractivity (Wildman–Crippen MR) is 81.0 cm³/mol. The maximum absolute atomic E-state index is 4.60. The summed E-state index contributed by atoms with van der Waals surface area (Å²) in [6.45, 7) is 7.49. The first kappa shape index (κ1) is 13.0. The van der Waals surface area contributed by atoms with Crippen LogP contribution in [-0.4, -0.2) is 17.5 Å². The van der Waals surface area contributed by atoms with Gasteiger partial charge in [0.1, 0.15) is 0 Å². The van der Waals surface area contributed by atoms with Crippen LogP contribution in [0.5, 0.6) is 0 Å². The number of nitrogens with zero attached hydrogens (tertiary/aromatic N) is 1. The summed E-state index contributed by atoms with van der Waals surface area (Å²) in [7, 11) is 0. The molecule has 17 heavy (non-hydrogen) atoms. The molecule has 1 N–H and O–H groups in total. The van der Waals surface area contributed by atoms with Crippen molar-refractivity contribution in [1.29, 1.82) is 0 Å². The summed E-state index contributed by atoms with van der Waals surface area (Å²) < 4.78 is 1.12. The van der Waals surface area contributed by atoms with Gasteiger partial charge in [-0.3, -0.25) is 4.99 Å². The maximum Gasteiger partial charge on any atom is 0.161 e. The molecule has 0 saturated carbocycles. The predicted octanol–water partition coefficient (Wildman–Crippen LogP) is 4.30. The highest BCUT2D eigenvalue weighted by molar-refractivity contribution is 9.10. The van der Waals surface area contributed by atoms with Gasteiger partial charge in [-0.2, -0.15) is 0 Å². The monoisotopic (exact) mass is 312 g/mol. The highest BCUT2D eigenvalue weighted by Crippen LogP contribution is 2.31. The smallest absolute Gasteiger partial charge is 0.161 e. The summed E-state index contributed by atoms with van der Waals surface area (Å²) >= 11 is 5.40. The summed E-state index contributed by atoms with van der Waals surface area (Å²) in [5, 5.41) is 4.42. The molecule has 2 nitrogen and oxygen atoms in total. The number of amidine groups is 1. The number of halogens is 1. The summed E-state index contributed by atoms with van der Waals surface area (Å²) in [5.41, 5.74) is 2.65. The average molecular weight is 313 g/mol. The molecular weight excluding hydrogens is 296 g/mol. The Morgan fingerprint density at radius 2 is 2.18 bits per heavy atom. The molecule has 1 heterocycles. The first-order valence-corrected chi connectivity index (χ1v) is 7.45. The highest BCUT2D eigenvalue weighted by Gasteiger charge is 2.23. The van der Waals surface area contributed by atoms with Crippen molar-refractivity contribution in [3.05, 3.63) is 28.2 Å². The molecule has 1 aromatic carbocycles. The Morgan fingerprint density at radius 3 is 2.82 bits per heavy atom. The van der Waals surface area contributed by atoms with Crippen LogP contribution >= 0.6 is 27.7 Å². The minimum Gasteiger partial charge on any atom is -0.334 e. The van der Waals surface area contributed by atoms with Gasteiger partial charge in [0, 0.05) is 16.8 Å². The van der Waals surface area contributed by atoms with Crippen molar-refractivity contribution in [2.75, 3.05) is 17.6 Å². The Morgan fingerprint density at radius 1 is 1.41 bits per heavy atom. The number of benzene rings is 1. The molecule has 1 aromatic rings. The lowest BCUT2D eigenvalue weighted by molar-refractivity contribution is 0.438. The number of aliphatic imine (C=N–C) groups is 1. The molecule has 0 amide bonds. The quantitative estimate of drug-likeness (QED) is 0.836. The molecule has 1 aliphatic heterocycles. The normalized spacial score (nSPS) is 18.7. The second kappa shape index (κ2) is 5.02. The molecule has 2 rings (SSSR count). The Balaban J connectivity index is 2.12. The molecule has 0 unspecified atom stereocenters. The molecule has 0 saturated heterocycles. The van der Waals surface area contributed by atoms with Gasteiger partial charge in [-0.1, -0.05) is 37.7 Å². The minimum atomic E-state index is 0.319. The van der Waals surface area contributed by atoms with Crippen molar-refractivity contribution in [1.82, 2.24) is 0 Å². The SMILES string of the molecule is Cc1cccc(NC2=NCC(C)(C)CS2)c1Br. The van der Waals surface area contributed by atoms with Gasteiger partial charge < -0.3 is 5.32 Å². The van der Waals surface area contributed by atoms with Crippen LogP contribution in [0.3, 0.4) is 0 Å². The van der Waals surface area contributed by atoms with E-state index < -0.39 is 0 Å².